The topological polar surface area (TPSA) is 96.7 Å². The van der Waals surface area contributed by atoms with E-state index in [1.807, 2.05) is 0 Å². The summed E-state index contributed by atoms with van der Waals surface area (Å²) in [6.07, 6.45) is -4.09. The van der Waals surface area contributed by atoms with E-state index in [0.29, 0.717) is 22.4 Å². The number of nitrogens with one attached hydrogen (secondary N) is 2. The maximum Gasteiger partial charge on any atom is 0.407 e. The van der Waals surface area contributed by atoms with Crippen molar-refractivity contribution in [3.8, 4) is 5.75 Å². The van der Waals surface area contributed by atoms with Crippen LogP contribution in [0.5, 0.6) is 5.75 Å². The van der Waals surface area contributed by atoms with Crippen molar-refractivity contribution in [2.45, 2.75) is 18.8 Å². The number of hydrogen-bond donors (Lipinski definition) is 3. The first-order valence-corrected chi connectivity index (χ1v) is 9.39. The molecule has 170 valence electrons. The van der Waals surface area contributed by atoms with Gasteiger partial charge in [0.25, 0.3) is 5.91 Å². The van der Waals surface area contributed by atoms with E-state index in [2.05, 4.69) is 10.7 Å². The second-order valence-corrected chi connectivity index (χ2v) is 6.99. The zero-order valence-electron chi connectivity index (χ0n) is 16.9. The van der Waals surface area contributed by atoms with Gasteiger partial charge in [0.05, 0.1) is 24.3 Å². The van der Waals surface area contributed by atoms with Crippen LogP contribution < -0.4 is 21.2 Å². The van der Waals surface area contributed by atoms with E-state index in [9.17, 15) is 27.2 Å². The van der Waals surface area contributed by atoms with E-state index in [4.69, 9.17) is 10.5 Å². The summed E-state index contributed by atoms with van der Waals surface area (Å²) in [4.78, 5) is 23.8. The highest BCUT2D eigenvalue weighted by atomic mass is 19.4. The molecule has 0 bridgehead atoms. The lowest BCUT2D eigenvalue weighted by Crippen LogP contribution is -2.42. The molecule has 32 heavy (non-hydrogen) atoms. The van der Waals surface area contributed by atoms with Crippen LogP contribution in [0.4, 0.5) is 17.6 Å². The molecule has 4 N–H and O–H groups in total. The summed E-state index contributed by atoms with van der Waals surface area (Å²) in [5.74, 6) is -1.18. The summed E-state index contributed by atoms with van der Waals surface area (Å²) in [6, 6.07) is 9.25. The Morgan fingerprint density at radius 1 is 1.25 bits per heavy atom. The average Bonchev–Trinajstić information content (AvgIpc) is 3.06. The Labute approximate surface area is 180 Å². The summed E-state index contributed by atoms with van der Waals surface area (Å²) < 4.78 is 56.7. The highest BCUT2D eigenvalue weighted by Gasteiger charge is 2.38. The van der Waals surface area contributed by atoms with Crippen LogP contribution in [0.3, 0.4) is 0 Å². The second kappa shape index (κ2) is 9.27. The standard InChI is InChI=1S/C21H20F4N4O3/c1-32-17-7-6-14(22)8-15(17)20(31)27-9-12-2-4-13(5-3-12)18-16(10-30)19(26)29(28-18)11-21(23,24)25/h2-8,10,18,28H,9,11,26H2,1H3,(H,27,31). The van der Waals surface area contributed by atoms with Gasteiger partial charge in [0.2, 0.25) is 0 Å². The number of carbonyl (C=O) groups excluding carboxylic acids is 2. The maximum atomic E-state index is 13.5. The highest BCUT2D eigenvalue weighted by molar-refractivity contribution is 5.96. The lowest BCUT2D eigenvalue weighted by molar-refractivity contribution is -0.147. The summed E-state index contributed by atoms with van der Waals surface area (Å²) in [5, 5.41) is 3.34. The first-order valence-electron chi connectivity index (χ1n) is 9.39. The number of halogens is 4. The minimum absolute atomic E-state index is 0.00602. The molecule has 1 heterocycles. The number of hydrogen-bond acceptors (Lipinski definition) is 6. The number of nitrogens with two attached hydrogens (primary N) is 1. The van der Waals surface area contributed by atoms with Crippen LogP contribution in [0.2, 0.25) is 0 Å². The summed E-state index contributed by atoms with van der Waals surface area (Å²) >= 11 is 0. The lowest BCUT2D eigenvalue weighted by Gasteiger charge is -2.23. The number of carbonyl (C=O) groups is 2. The summed E-state index contributed by atoms with van der Waals surface area (Å²) in [5.41, 5.74) is 9.51. The molecule has 0 aliphatic carbocycles. The average molecular weight is 452 g/mol. The normalized spacial score (nSPS) is 16.3. The predicted octanol–water partition coefficient (Wildman–Crippen LogP) is 2.56. The molecule has 7 nitrogen and oxygen atoms in total. The fourth-order valence-corrected chi connectivity index (χ4v) is 3.25. The van der Waals surface area contributed by atoms with E-state index in [0.717, 1.165) is 6.07 Å². The largest absolute Gasteiger partial charge is 0.496 e. The number of methoxy groups -OCH3 is 1. The number of hydrazine groups is 1. The number of benzene rings is 2. The SMILES string of the molecule is COc1ccc(F)cc1C(=O)NCc1ccc(C2NN(CC(F)(F)F)C(N)=C2C=O)cc1. The molecular formula is C21H20F4N4O3. The molecule has 0 spiro atoms. The molecule has 0 fully saturated rings. The maximum absolute atomic E-state index is 13.5. The van der Waals surface area contributed by atoms with Crippen molar-refractivity contribution >= 4 is 12.2 Å². The Balaban J connectivity index is 1.68. The summed E-state index contributed by atoms with van der Waals surface area (Å²) in [7, 11) is 1.37. The molecule has 0 aromatic heterocycles. The number of ether oxygens (including phenoxy) is 1. The first-order chi connectivity index (χ1) is 15.1. The molecule has 11 heteroatoms. The van der Waals surface area contributed by atoms with Crippen LogP contribution >= 0.6 is 0 Å². The molecule has 2 aromatic rings. The second-order valence-electron chi connectivity index (χ2n) is 6.99. The van der Waals surface area contributed by atoms with Crippen LogP contribution in [-0.4, -0.2) is 37.0 Å². The van der Waals surface area contributed by atoms with Crippen LogP contribution in [0, 0.1) is 5.82 Å². The monoisotopic (exact) mass is 452 g/mol. The number of aldehydes is 1. The fourth-order valence-electron chi connectivity index (χ4n) is 3.25. The zero-order chi connectivity index (χ0) is 23.5. The Kier molecular flexibility index (Phi) is 6.68. The van der Waals surface area contributed by atoms with Gasteiger partial charge in [0, 0.05) is 6.54 Å². The molecule has 0 saturated heterocycles. The van der Waals surface area contributed by atoms with E-state index in [1.54, 1.807) is 24.3 Å². The molecule has 1 atom stereocenters. The third-order valence-electron chi connectivity index (χ3n) is 4.82. The van der Waals surface area contributed by atoms with Crippen molar-refractivity contribution in [1.82, 2.24) is 15.8 Å². The predicted molar refractivity (Wildman–Crippen MR) is 106 cm³/mol. The van der Waals surface area contributed by atoms with Gasteiger partial charge in [-0.25, -0.2) is 9.82 Å². The van der Waals surface area contributed by atoms with Crippen LogP contribution in [-0.2, 0) is 11.3 Å². The van der Waals surface area contributed by atoms with Crippen molar-refractivity contribution in [2.24, 2.45) is 5.73 Å². The third kappa shape index (κ3) is 5.17. The molecule has 0 radical (unpaired) electrons. The quantitative estimate of drug-likeness (QED) is 0.442. The number of alkyl halides is 3. The van der Waals surface area contributed by atoms with E-state index < -0.39 is 30.5 Å². The van der Waals surface area contributed by atoms with Gasteiger partial charge in [0.1, 0.15) is 23.9 Å². The Morgan fingerprint density at radius 2 is 1.94 bits per heavy atom. The van der Waals surface area contributed by atoms with Crippen molar-refractivity contribution in [3.63, 3.8) is 0 Å². The number of nitrogens with zero attached hydrogens (tertiary/aromatic N) is 1. The highest BCUT2D eigenvalue weighted by Crippen LogP contribution is 2.31. The number of amides is 1. The Morgan fingerprint density at radius 3 is 2.53 bits per heavy atom. The third-order valence-corrected chi connectivity index (χ3v) is 4.82. The van der Waals surface area contributed by atoms with E-state index in [-0.39, 0.29) is 29.3 Å². The van der Waals surface area contributed by atoms with Crippen LogP contribution in [0.1, 0.15) is 27.5 Å². The van der Waals surface area contributed by atoms with Gasteiger partial charge in [0.15, 0.2) is 6.29 Å². The van der Waals surface area contributed by atoms with Crippen molar-refractivity contribution in [2.75, 3.05) is 13.7 Å². The van der Waals surface area contributed by atoms with E-state index in [1.165, 1.54) is 19.2 Å². The molecule has 0 saturated carbocycles. The zero-order valence-corrected chi connectivity index (χ0v) is 16.9. The molecule has 1 aliphatic heterocycles. The molecule has 1 aliphatic rings. The lowest BCUT2D eigenvalue weighted by atomic mass is 10.00. The first kappa shape index (κ1) is 23.1. The van der Waals surface area contributed by atoms with Crippen LogP contribution in [0.25, 0.3) is 0 Å². The number of rotatable bonds is 7. The van der Waals surface area contributed by atoms with Gasteiger partial charge in [-0.15, -0.1) is 0 Å². The minimum atomic E-state index is -4.51. The van der Waals surface area contributed by atoms with Gasteiger partial charge < -0.3 is 15.8 Å². The molecule has 1 amide bonds. The molecule has 1 unspecified atom stereocenters. The molecule has 2 aromatic carbocycles. The fraction of sp³-hybridized carbons (Fsp3) is 0.238. The van der Waals surface area contributed by atoms with Gasteiger partial charge in [-0.3, -0.25) is 14.6 Å². The smallest absolute Gasteiger partial charge is 0.407 e. The van der Waals surface area contributed by atoms with Crippen molar-refractivity contribution in [1.29, 1.82) is 0 Å². The molecule has 3 rings (SSSR count). The van der Waals surface area contributed by atoms with Gasteiger partial charge in [-0.2, -0.15) is 13.2 Å². The minimum Gasteiger partial charge on any atom is -0.496 e. The molecular weight excluding hydrogens is 432 g/mol. The van der Waals surface area contributed by atoms with Gasteiger partial charge in [-0.1, -0.05) is 24.3 Å². The summed E-state index contributed by atoms with van der Waals surface area (Å²) in [6.45, 7) is -1.24. The van der Waals surface area contributed by atoms with Gasteiger partial charge in [-0.05, 0) is 29.3 Å². The van der Waals surface area contributed by atoms with Crippen LogP contribution in [0.15, 0.2) is 53.9 Å². The van der Waals surface area contributed by atoms with Crippen molar-refractivity contribution in [3.05, 3.63) is 76.4 Å². The Hall–Kier alpha value is -3.60. The van der Waals surface area contributed by atoms with E-state index >= 15 is 0 Å². The van der Waals surface area contributed by atoms with Gasteiger partial charge >= 0.3 is 6.18 Å². The Bertz CT molecular complexity index is 1040. The van der Waals surface area contributed by atoms with Crippen molar-refractivity contribution < 1.29 is 31.9 Å².